The molecule has 4 heterocycles. The number of amides is 1. The first-order chi connectivity index (χ1) is 14.9. The lowest BCUT2D eigenvalue weighted by Gasteiger charge is -2.26. The van der Waals surface area contributed by atoms with Gasteiger partial charge in [0.1, 0.15) is 11.3 Å². The summed E-state index contributed by atoms with van der Waals surface area (Å²) < 4.78 is 31.6. The fourth-order valence-electron chi connectivity index (χ4n) is 4.47. The van der Waals surface area contributed by atoms with Crippen molar-refractivity contribution >= 4 is 26.8 Å². The van der Waals surface area contributed by atoms with Gasteiger partial charge in [0.25, 0.3) is 5.91 Å². The summed E-state index contributed by atoms with van der Waals surface area (Å²) in [7, 11) is -3.07. The maximum Gasteiger partial charge on any atom is 0.274 e. The molecule has 1 atom stereocenters. The number of hydrogen-bond donors (Lipinski definition) is 0. The Morgan fingerprint density at radius 2 is 1.87 bits per heavy atom. The molecule has 31 heavy (non-hydrogen) atoms. The summed E-state index contributed by atoms with van der Waals surface area (Å²) in [4.78, 5) is 24.6. The van der Waals surface area contributed by atoms with Crippen LogP contribution in [0.25, 0.3) is 22.3 Å². The number of aryl methyl sites for hydroxylation is 1. The largest absolute Gasteiger partial charge is 0.378 e. The van der Waals surface area contributed by atoms with Crippen LogP contribution in [0, 0.1) is 6.92 Å². The van der Waals surface area contributed by atoms with E-state index < -0.39 is 9.84 Å². The number of nitrogens with zero attached hydrogens (tertiary/aromatic N) is 4. The second kappa shape index (κ2) is 7.72. The number of hydrogen-bond acceptors (Lipinski definition) is 6. The first kappa shape index (κ1) is 20.1. The molecule has 0 N–H and O–H groups in total. The third kappa shape index (κ3) is 3.72. The summed E-state index contributed by atoms with van der Waals surface area (Å²) in [6.07, 6.45) is 0.546. The van der Waals surface area contributed by atoms with Gasteiger partial charge in [-0.2, -0.15) is 0 Å². The van der Waals surface area contributed by atoms with Crippen molar-refractivity contribution in [2.45, 2.75) is 19.4 Å². The molecule has 2 aliphatic rings. The van der Waals surface area contributed by atoms with Gasteiger partial charge < -0.3 is 14.2 Å². The summed E-state index contributed by atoms with van der Waals surface area (Å²) in [5.74, 6) is 0.789. The molecule has 9 heteroatoms. The molecule has 3 aromatic rings. The van der Waals surface area contributed by atoms with Crippen LogP contribution >= 0.6 is 0 Å². The van der Waals surface area contributed by atoms with Crippen molar-refractivity contribution in [3.8, 4) is 11.3 Å². The van der Waals surface area contributed by atoms with Crippen LogP contribution in [0.4, 0.5) is 0 Å². The molecule has 1 amide bonds. The summed E-state index contributed by atoms with van der Waals surface area (Å²) in [5, 5.41) is 0. The fraction of sp³-hybridized carbons (Fsp3) is 0.409. The van der Waals surface area contributed by atoms with Crippen LogP contribution in [-0.2, 0) is 14.6 Å². The Morgan fingerprint density at radius 3 is 2.55 bits per heavy atom. The number of ether oxygens (including phenoxy) is 1. The van der Waals surface area contributed by atoms with Gasteiger partial charge in [0.2, 0.25) is 0 Å². The number of imidazole rings is 1. The highest BCUT2D eigenvalue weighted by molar-refractivity contribution is 7.91. The molecule has 8 nitrogen and oxygen atoms in total. The Bertz CT molecular complexity index is 1250. The number of carbonyl (C=O) groups excluding carboxylic acids is 1. The van der Waals surface area contributed by atoms with Crippen LogP contribution < -0.4 is 0 Å². The van der Waals surface area contributed by atoms with E-state index in [1.165, 1.54) is 0 Å². The number of carbonyl (C=O) groups is 1. The first-order valence-electron chi connectivity index (χ1n) is 10.5. The van der Waals surface area contributed by atoms with Gasteiger partial charge in [0.05, 0.1) is 42.0 Å². The van der Waals surface area contributed by atoms with Gasteiger partial charge in [-0.15, -0.1) is 0 Å². The van der Waals surface area contributed by atoms with E-state index in [0.29, 0.717) is 55.5 Å². The van der Waals surface area contributed by atoms with Crippen molar-refractivity contribution < 1.29 is 17.9 Å². The van der Waals surface area contributed by atoms with Gasteiger partial charge in [-0.25, -0.2) is 18.4 Å². The minimum Gasteiger partial charge on any atom is -0.378 e. The molecule has 0 bridgehead atoms. The Morgan fingerprint density at radius 1 is 1.13 bits per heavy atom. The van der Waals surface area contributed by atoms with Gasteiger partial charge in [-0.1, -0.05) is 30.3 Å². The highest BCUT2D eigenvalue weighted by atomic mass is 32.2. The average molecular weight is 441 g/mol. The number of pyridine rings is 1. The molecular weight excluding hydrogens is 416 g/mol. The zero-order valence-electron chi connectivity index (χ0n) is 17.3. The molecule has 1 aromatic carbocycles. The molecule has 1 unspecified atom stereocenters. The highest BCUT2D eigenvalue weighted by Gasteiger charge is 2.33. The molecule has 0 saturated carbocycles. The van der Waals surface area contributed by atoms with E-state index in [4.69, 9.17) is 9.72 Å². The van der Waals surface area contributed by atoms with Gasteiger partial charge in [-0.05, 0) is 19.4 Å². The van der Waals surface area contributed by atoms with Crippen molar-refractivity contribution in [2.24, 2.45) is 0 Å². The number of morpholine rings is 1. The zero-order chi connectivity index (χ0) is 21.6. The van der Waals surface area contributed by atoms with Crippen molar-refractivity contribution in [3.63, 3.8) is 0 Å². The van der Waals surface area contributed by atoms with E-state index in [9.17, 15) is 13.2 Å². The molecule has 2 saturated heterocycles. The van der Waals surface area contributed by atoms with Crippen molar-refractivity contribution in [1.29, 1.82) is 0 Å². The molecule has 0 spiro atoms. The van der Waals surface area contributed by atoms with E-state index in [0.717, 1.165) is 11.1 Å². The molecule has 5 rings (SSSR count). The Labute approximate surface area is 180 Å². The van der Waals surface area contributed by atoms with Gasteiger partial charge in [0, 0.05) is 18.7 Å². The maximum absolute atomic E-state index is 13.4. The van der Waals surface area contributed by atoms with Crippen LogP contribution in [0.5, 0.6) is 0 Å². The SMILES string of the molecule is Cc1nc2c(C(=O)N3CCOCC3)nc(-c3ccccc3)cc2n1C1CCS(=O)(=O)C1. The van der Waals surface area contributed by atoms with Crippen LogP contribution in [0.15, 0.2) is 36.4 Å². The van der Waals surface area contributed by atoms with Crippen LogP contribution in [0.3, 0.4) is 0 Å². The fourth-order valence-corrected chi connectivity index (χ4v) is 6.17. The summed E-state index contributed by atoms with van der Waals surface area (Å²) >= 11 is 0. The third-order valence-electron chi connectivity index (χ3n) is 6.00. The Hall–Kier alpha value is -2.78. The summed E-state index contributed by atoms with van der Waals surface area (Å²) in [5.41, 5.74) is 3.15. The van der Waals surface area contributed by atoms with Crippen LogP contribution in [0.2, 0.25) is 0 Å². The Kier molecular flexibility index (Phi) is 5.02. The quantitative estimate of drug-likeness (QED) is 0.620. The molecule has 0 aliphatic carbocycles. The van der Waals surface area contributed by atoms with Gasteiger partial charge >= 0.3 is 0 Å². The predicted octanol–water partition coefficient (Wildman–Crippen LogP) is 2.24. The number of aromatic nitrogens is 3. The standard InChI is InChI=1S/C22H24N4O4S/c1-15-23-20-19(26(15)17-7-12-31(28,29)14-17)13-18(16-5-3-2-4-6-16)24-21(20)22(27)25-8-10-30-11-9-25/h2-6,13,17H,7-12,14H2,1H3. The van der Waals surface area contributed by atoms with Crippen LogP contribution in [-0.4, -0.2) is 71.6 Å². The monoisotopic (exact) mass is 440 g/mol. The number of sulfone groups is 1. The molecule has 162 valence electrons. The average Bonchev–Trinajstić information content (AvgIpc) is 3.31. The van der Waals surface area contributed by atoms with Crippen molar-refractivity contribution in [1.82, 2.24) is 19.4 Å². The third-order valence-corrected chi connectivity index (χ3v) is 7.75. The van der Waals surface area contributed by atoms with E-state index in [2.05, 4.69) is 4.98 Å². The van der Waals surface area contributed by atoms with Crippen LogP contribution in [0.1, 0.15) is 28.8 Å². The van der Waals surface area contributed by atoms with Crippen molar-refractivity contribution in [3.05, 3.63) is 47.9 Å². The van der Waals surface area contributed by atoms with E-state index in [1.807, 2.05) is 47.9 Å². The minimum atomic E-state index is -3.07. The maximum atomic E-state index is 13.4. The summed E-state index contributed by atoms with van der Waals surface area (Å²) in [6, 6.07) is 11.4. The van der Waals surface area contributed by atoms with Gasteiger partial charge in [-0.3, -0.25) is 4.79 Å². The zero-order valence-corrected chi connectivity index (χ0v) is 18.1. The lowest BCUT2D eigenvalue weighted by atomic mass is 10.1. The molecule has 0 radical (unpaired) electrons. The first-order valence-corrected chi connectivity index (χ1v) is 12.3. The molecule has 2 aromatic heterocycles. The second-order valence-electron chi connectivity index (χ2n) is 8.08. The van der Waals surface area contributed by atoms with Crippen molar-refractivity contribution in [2.75, 3.05) is 37.8 Å². The Balaban J connectivity index is 1.70. The lowest BCUT2D eigenvalue weighted by molar-refractivity contribution is 0.0300. The summed E-state index contributed by atoms with van der Waals surface area (Å²) in [6.45, 7) is 3.88. The normalized spacial score (nSPS) is 20.9. The smallest absolute Gasteiger partial charge is 0.274 e. The number of fused-ring (bicyclic) bond motifs is 1. The lowest BCUT2D eigenvalue weighted by Crippen LogP contribution is -2.41. The molecule has 2 aliphatic heterocycles. The van der Waals surface area contributed by atoms with E-state index >= 15 is 0 Å². The van der Waals surface area contributed by atoms with Gasteiger partial charge in [0.15, 0.2) is 15.5 Å². The molecular formula is C22H24N4O4S. The minimum absolute atomic E-state index is 0.0923. The second-order valence-corrected chi connectivity index (χ2v) is 10.3. The molecule has 2 fully saturated rings. The number of rotatable bonds is 3. The highest BCUT2D eigenvalue weighted by Crippen LogP contribution is 2.32. The van der Waals surface area contributed by atoms with E-state index in [-0.39, 0.29) is 23.5 Å². The number of benzene rings is 1. The topological polar surface area (TPSA) is 94.4 Å². The predicted molar refractivity (Wildman–Crippen MR) is 117 cm³/mol. The van der Waals surface area contributed by atoms with E-state index in [1.54, 1.807) is 4.90 Å².